The zero-order valence-electron chi connectivity index (χ0n) is 21.1. The monoisotopic (exact) mass is 609 g/mol. The maximum absolute atomic E-state index is 12.8. The lowest BCUT2D eigenvalue weighted by molar-refractivity contribution is -0.0557. The maximum Gasteiger partial charge on any atom is 0.694 e. The molecule has 0 aliphatic carbocycles. The van der Waals surface area contributed by atoms with Crippen LogP contribution in [0.15, 0.2) is 31.6 Å². The summed E-state index contributed by atoms with van der Waals surface area (Å²) in [6, 6.07) is 0. The predicted molar refractivity (Wildman–Crippen MR) is 132 cm³/mol. The Bertz CT molecular complexity index is 1550. The number of rotatable bonds is 10. The van der Waals surface area contributed by atoms with Gasteiger partial charge in [0.25, 0.3) is 11.1 Å². The number of aryl methyl sites for hydroxylation is 2. The van der Waals surface area contributed by atoms with Gasteiger partial charge in [0.05, 0.1) is 12.7 Å². The van der Waals surface area contributed by atoms with Crippen LogP contribution in [-0.4, -0.2) is 71.6 Å². The van der Waals surface area contributed by atoms with Crippen LogP contribution in [0.4, 0.5) is 0 Å². The van der Waals surface area contributed by atoms with Crippen molar-refractivity contribution in [2.24, 2.45) is 0 Å². The molecule has 4 rings (SSSR count). The van der Waals surface area contributed by atoms with Crippen molar-refractivity contribution in [2.75, 3.05) is 13.2 Å². The molecule has 18 nitrogen and oxygen atoms in total. The van der Waals surface area contributed by atoms with Crippen LogP contribution in [0.25, 0.3) is 0 Å². The number of nitrogens with zero attached hydrogens (tertiary/aromatic N) is 2. The van der Waals surface area contributed by atoms with E-state index in [-0.39, 0.29) is 24.0 Å². The number of aromatic nitrogens is 4. The largest absolute Gasteiger partial charge is 0.694 e. The third kappa shape index (κ3) is 6.98. The summed E-state index contributed by atoms with van der Waals surface area (Å²) >= 11 is 0. The molecule has 8 atom stereocenters. The van der Waals surface area contributed by atoms with E-state index in [2.05, 4.69) is 14.5 Å². The van der Waals surface area contributed by atoms with Gasteiger partial charge in [0.15, 0.2) is 0 Å². The predicted octanol–water partition coefficient (Wildman–Crippen LogP) is -1.19. The highest BCUT2D eigenvalue weighted by atomic mass is 31.2. The summed E-state index contributed by atoms with van der Waals surface area (Å²) in [6.07, 6.45) is -4.74. The summed E-state index contributed by atoms with van der Waals surface area (Å²) < 4.78 is 52.1. The van der Waals surface area contributed by atoms with Crippen molar-refractivity contribution in [1.29, 1.82) is 0 Å². The smallest absolute Gasteiger partial charge is 0.390 e. The normalized spacial score (nSPS) is 28.5. The summed E-state index contributed by atoms with van der Waals surface area (Å²) in [7, 11) is -7.95. The second-order valence-electron chi connectivity index (χ2n) is 9.20. The molecule has 2 fully saturated rings. The molecule has 2 aliphatic heterocycles. The summed E-state index contributed by atoms with van der Waals surface area (Å²) in [4.78, 5) is 71.3. The van der Waals surface area contributed by atoms with E-state index in [0.717, 1.165) is 9.13 Å². The van der Waals surface area contributed by atoms with Gasteiger partial charge in [0.2, 0.25) is 0 Å². The highest BCUT2D eigenvalue weighted by Gasteiger charge is 2.44. The first kappa shape index (κ1) is 30.3. The van der Waals surface area contributed by atoms with Crippen molar-refractivity contribution in [3.63, 3.8) is 0 Å². The van der Waals surface area contributed by atoms with Crippen molar-refractivity contribution in [3.8, 4) is 0 Å². The van der Waals surface area contributed by atoms with Crippen molar-refractivity contribution >= 4 is 16.1 Å². The van der Waals surface area contributed by atoms with Crippen LogP contribution >= 0.6 is 16.1 Å². The highest BCUT2D eigenvalue weighted by Crippen LogP contribution is 2.49. The molecule has 0 spiro atoms. The lowest BCUT2D eigenvalue weighted by Gasteiger charge is -2.21. The number of phosphoric ester groups is 1. The van der Waals surface area contributed by atoms with Crippen molar-refractivity contribution < 1.29 is 47.1 Å². The first-order valence-corrected chi connectivity index (χ1v) is 14.4. The van der Waals surface area contributed by atoms with E-state index in [9.17, 15) is 38.3 Å². The standard InChI is InChI=1S/C20H26N4O14P2/c1-9-5-23(19(28)21-17(9)26)15-3-11(25)13(36-15)8-35-40(32,33)38-12-4-16(37-14(12)7-34-39(30)31)24-6-10(2)18(27)22-20(24)29/h5-6,11-16,25H,3-4,7-8H2,1-2H3,(H3-,21,22,26,27,28,29,30,31,32,33)/p+1/t11-,12-,13+,14+,15+,16+/m0/s1. The van der Waals surface area contributed by atoms with Gasteiger partial charge in [-0.3, -0.25) is 37.7 Å². The number of phosphoric acid groups is 1. The van der Waals surface area contributed by atoms with Gasteiger partial charge in [-0.1, -0.05) is 0 Å². The zero-order valence-corrected chi connectivity index (χ0v) is 22.9. The fraction of sp³-hybridized carbons (Fsp3) is 0.600. The van der Waals surface area contributed by atoms with E-state index in [1.165, 1.54) is 26.2 Å². The molecule has 4 heterocycles. The van der Waals surface area contributed by atoms with Gasteiger partial charge in [-0.2, -0.15) is 0 Å². The summed E-state index contributed by atoms with van der Waals surface area (Å²) in [5.74, 6) is 0. The maximum atomic E-state index is 12.8. The van der Waals surface area contributed by atoms with Gasteiger partial charge in [-0.25, -0.2) is 14.2 Å². The molecule has 5 N–H and O–H groups in total. The van der Waals surface area contributed by atoms with Gasteiger partial charge in [0.1, 0.15) is 37.4 Å². The Balaban J connectivity index is 1.43. The third-order valence-electron chi connectivity index (χ3n) is 6.32. The van der Waals surface area contributed by atoms with E-state index in [1.807, 2.05) is 0 Å². The number of hydrogen-bond donors (Lipinski definition) is 5. The molecule has 2 unspecified atom stereocenters. The number of hydrogen-bond acceptors (Lipinski definition) is 12. The molecule has 2 saturated heterocycles. The zero-order chi connectivity index (χ0) is 29.4. The fourth-order valence-corrected chi connectivity index (χ4v) is 5.51. The molecular formula is C20H27N4O14P2+. The van der Waals surface area contributed by atoms with E-state index >= 15 is 0 Å². The summed E-state index contributed by atoms with van der Waals surface area (Å²) in [5.41, 5.74) is -2.37. The number of aromatic amines is 2. The number of aliphatic hydroxyl groups is 1. The Morgan fingerprint density at radius 3 is 2.05 bits per heavy atom. The van der Waals surface area contributed by atoms with Crippen LogP contribution in [0.3, 0.4) is 0 Å². The Kier molecular flexibility index (Phi) is 9.16. The van der Waals surface area contributed by atoms with E-state index < -0.39 is 88.7 Å². The van der Waals surface area contributed by atoms with Gasteiger partial charge in [-0.15, -0.1) is 9.42 Å². The van der Waals surface area contributed by atoms with Crippen LogP contribution in [0, 0.1) is 13.8 Å². The van der Waals surface area contributed by atoms with Crippen LogP contribution in [0.1, 0.15) is 36.4 Å². The van der Waals surface area contributed by atoms with E-state index in [4.69, 9.17) is 23.4 Å². The Morgan fingerprint density at radius 1 is 0.975 bits per heavy atom. The number of ether oxygens (including phenoxy) is 2. The molecule has 2 aliphatic rings. The molecular weight excluding hydrogens is 582 g/mol. The number of H-pyrrole nitrogens is 2. The number of aliphatic hydroxyl groups excluding tert-OH is 1. The Labute approximate surface area is 224 Å². The van der Waals surface area contributed by atoms with Gasteiger partial charge >= 0.3 is 27.5 Å². The molecule has 2 aromatic heterocycles. The lowest BCUT2D eigenvalue weighted by Crippen LogP contribution is -2.33. The van der Waals surface area contributed by atoms with Crippen molar-refractivity contribution in [3.05, 3.63) is 65.2 Å². The minimum Gasteiger partial charge on any atom is -0.390 e. The molecule has 0 saturated carbocycles. The lowest BCUT2D eigenvalue weighted by atomic mass is 10.2. The number of nitrogens with one attached hydrogen (secondary N) is 2. The van der Waals surface area contributed by atoms with Crippen LogP contribution in [0.2, 0.25) is 0 Å². The van der Waals surface area contributed by atoms with E-state index in [0.29, 0.717) is 0 Å². The first-order chi connectivity index (χ1) is 18.7. The average Bonchev–Trinajstić information content (AvgIpc) is 3.43. The molecule has 0 aromatic carbocycles. The summed E-state index contributed by atoms with van der Waals surface area (Å²) in [6.45, 7) is 1.73. The molecule has 40 heavy (non-hydrogen) atoms. The van der Waals surface area contributed by atoms with Crippen LogP contribution in [0.5, 0.6) is 0 Å². The van der Waals surface area contributed by atoms with Crippen LogP contribution < -0.4 is 22.5 Å². The first-order valence-electron chi connectivity index (χ1n) is 11.8. The highest BCUT2D eigenvalue weighted by molar-refractivity contribution is 7.47. The summed E-state index contributed by atoms with van der Waals surface area (Å²) in [5, 5.41) is 10.4. The van der Waals surface area contributed by atoms with Gasteiger partial charge in [0, 0.05) is 40.9 Å². The Hall–Kier alpha value is -2.63. The Morgan fingerprint density at radius 2 is 1.50 bits per heavy atom. The topological polar surface area (TPSA) is 251 Å². The van der Waals surface area contributed by atoms with Gasteiger partial charge < -0.3 is 19.5 Å². The molecule has 0 bridgehead atoms. The molecule has 0 radical (unpaired) electrons. The average molecular weight is 609 g/mol. The molecule has 20 heteroatoms. The fourth-order valence-electron chi connectivity index (χ4n) is 4.27. The van der Waals surface area contributed by atoms with Gasteiger partial charge in [-0.05, 0) is 13.8 Å². The quantitative estimate of drug-likeness (QED) is 0.199. The van der Waals surface area contributed by atoms with E-state index in [1.54, 1.807) is 0 Å². The molecule has 0 amide bonds. The second-order valence-corrected chi connectivity index (χ2v) is 11.3. The van der Waals surface area contributed by atoms with Crippen LogP contribution in [-0.2, 0) is 32.2 Å². The molecule has 2 aromatic rings. The minimum atomic E-state index is -4.89. The van der Waals surface area contributed by atoms with Crippen molar-refractivity contribution in [2.45, 2.75) is 63.6 Å². The SMILES string of the molecule is Cc1cn([C@H]2C[C@H](OP(=O)(O)OC[C@H]3O[C@@H](n4cc(C)c(=O)[nH]c4=O)C[C@@H]3O)[C@@H](CO[P+](=O)O)O2)c(=O)[nH]c1=O. The third-order valence-corrected chi connectivity index (χ3v) is 7.70. The van der Waals surface area contributed by atoms with Crippen molar-refractivity contribution in [1.82, 2.24) is 19.1 Å². The molecule has 220 valence electrons. The minimum absolute atomic E-state index is 0.0831. The second kappa shape index (κ2) is 12.1.